The summed E-state index contributed by atoms with van der Waals surface area (Å²) in [6, 6.07) is 16.8. The zero-order valence-electron chi connectivity index (χ0n) is 15.3. The molecule has 0 spiro atoms. The number of carbonyl (C=O) groups is 1. The maximum Gasteiger partial charge on any atom is 0.344 e. The van der Waals surface area contributed by atoms with Gasteiger partial charge in [-0.15, -0.1) is 5.10 Å². The van der Waals surface area contributed by atoms with E-state index in [9.17, 15) is 9.59 Å². The van der Waals surface area contributed by atoms with Gasteiger partial charge < -0.3 is 10.1 Å². The van der Waals surface area contributed by atoms with Crippen LogP contribution in [-0.2, 0) is 4.79 Å². The van der Waals surface area contributed by atoms with Crippen molar-refractivity contribution in [3.8, 4) is 5.75 Å². The minimum absolute atomic E-state index is 0.176. The molecule has 2 aromatic carbocycles. The number of amides is 1. The van der Waals surface area contributed by atoms with Gasteiger partial charge in [-0.3, -0.25) is 9.36 Å². The molecule has 1 fully saturated rings. The first-order valence-corrected chi connectivity index (χ1v) is 9.87. The van der Waals surface area contributed by atoms with Gasteiger partial charge in [-0.25, -0.2) is 9.89 Å². The van der Waals surface area contributed by atoms with E-state index in [2.05, 4.69) is 15.5 Å². The van der Waals surface area contributed by atoms with Gasteiger partial charge in [0.15, 0.2) is 5.16 Å². The highest BCUT2D eigenvalue weighted by Crippen LogP contribution is 2.40. The summed E-state index contributed by atoms with van der Waals surface area (Å²) in [7, 11) is 1.60. The van der Waals surface area contributed by atoms with E-state index in [4.69, 9.17) is 4.74 Å². The summed E-state index contributed by atoms with van der Waals surface area (Å²) in [6.45, 7) is 0. The highest BCUT2D eigenvalue weighted by atomic mass is 32.2. The van der Waals surface area contributed by atoms with Crippen LogP contribution in [0.4, 0.5) is 5.69 Å². The molecule has 2 N–H and O–H groups in total. The fraction of sp³-hybridized carbons (Fsp3) is 0.250. The Labute approximate surface area is 166 Å². The number of hydrogen-bond acceptors (Lipinski definition) is 5. The molecule has 0 saturated heterocycles. The van der Waals surface area contributed by atoms with Crippen molar-refractivity contribution in [2.75, 3.05) is 12.4 Å². The first kappa shape index (κ1) is 18.4. The number of benzene rings is 2. The summed E-state index contributed by atoms with van der Waals surface area (Å²) in [5.74, 6) is 0.538. The smallest absolute Gasteiger partial charge is 0.344 e. The average molecular weight is 396 g/mol. The molecule has 1 aliphatic rings. The van der Waals surface area contributed by atoms with Crippen LogP contribution in [0.25, 0.3) is 0 Å². The molecule has 28 heavy (non-hydrogen) atoms. The minimum Gasteiger partial charge on any atom is -0.497 e. The summed E-state index contributed by atoms with van der Waals surface area (Å²) in [6.07, 6.45) is 1.92. The fourth-order valence-corrected chi connectivity index (χ4v) is 4.03. The molecule has 1 aliphatic carbocycles. The second-order valence-electron chi connectivity index (χ2n) is 6.54. The molecule has 1 amide bonds. The quantitative estimate of drug-likeness (QED) is 0.598. The molecule has 1 atom stereocenters. The summed E-state index contributed by atoms with van der Waals surface area (Å²) in [4.78, 5) is 25.2. The molecule has 1 heterocycles. The standard InChI is InChI=1S/C20H20N4O3S/c1-27-16-11-7-14(8-12-16)21-18(25)17(13-5-3-2-4-6-13)28-20-23-22-19(26)24(20)15-9-10-15/h2-8,11-12,15,17H,9-10H2,1H3,(H,21,25)(H,22,26). The van der Waals surface area contributed by atoms with E-state index in [-0.39, 0.29) is 17.6 Å². The lowest BCUT2D eigenvalue weighted by Gasteiger charge is -2.17. The minimum atomic E-state index is -0.545. The van der Waals surface area contributed by atoms with Gasteiger partial charge in [-0.2, -0.15) is 0 Å². The fourth-order valence-electron chi connectivity index (χ4n) is 2.92. The van der Waals surface area contributed by atoms with Crippen LogP contribution < -0.4 is 15.7 Å². The van der Waals surface area contributed by atoms with Crippen molar-refractivity contribution in [3.63, 3.8) is 0 Å². The number of aromatic amines is 1. The maximum absolute atomic E-state index is 13.1. The van der Waals surface area contributed by atoms with Crippen LogP contribution in [0.3, 0.4) is 0 Å². The molecular formula is C20H20N4O3S. The van der Waals surface area contributed by atoms with E-state index < -0.39 is 5.25 Å². The Morgan fingerprint density at radius 1 is 1.21 bits per heavy atom. The van der Waals surface area contributed by atoms with Crippen molar-refractivity contribution in [1.29, 1.82) is 0 Å². The Kier molecular flexibility index (Phi) is 5.21. The van der Waals surface area contributed by atoms with Gasteiger partial charge in [0.2, 0.25) is 5.91 Å². The maximum atomic E-state index is 13.1. The number of rotatable bonds is 7. The van der Waals surface area contributed by atoms with Gasteiger partial charge in [0.05, 0.1) is 7.11 Å². The van der Waals surface area contributed by atoms with Gasteiger partial charge in [0, 0.05) is 11.7 Å². The Bertz CT molecular complexity index is 1010. The number of aromatic nitrogens is 3. The first-order valence-electron chi connectivity index (χ1n) is 8.99. The number of methoxy groups -OCH3 is 1. The normalized spacial score (nSPS) is 14.5. The number of carbonyl (C=O) groups excluding carboxylic acids is 1. The molecule has 7 nitrogen and oxygen atoms in total. The number of hydrogen-bond donors (Lipinski definition) is 2. The molecule has 1 unspecified atom stereocenters. The first-order chi connectivity index (χ1) is 13.7. The summed E-state index contributed by atoms with van der Waals surface area (Å²) >= 11 is 1.28. The van der Waals surface area contributed by atoms with Crippen molar-refractivity contribution in [1.82, 2.24) is 14.8 Å². The molecule has 144 valence electrons. The SMILES string of the molecule is COc1ccc(NC(=O)C(Sc2n[nH]c(=O)n2C2CC2)c2ccccc2)cc1. The Balaban J connectivity index is 1.60. The van der Waals surface area contributed by atoms with E-state index in [0.29, 0.717) is 10.8 Å². The summed E-state index contributed by atoms with van der Waals surface area (Å²) < 4.78 is 6.81. The zero-order chi connectivity index (χ0) is 19.5. The molecule has 0 bridgehead atoms. The lowest BCUT2D eigenvalue weighted by molar-refractivity contribution is -0.115. The summed E-state index contributed by atoms with van der Waals surface area (Å²) in [5.41, 5.74) is 1.29. The van der Waals surface area contributed by atoms with Gasteiger partial charge in [0.25, 0.3) is 0 Å². The number of nitrogens with zero attached hydrogens (tertiary/aromatic N) is 2. The number of H-pyrrole nitrogens is 1. The molecular weight excluding hydrogens is 376 g/mol. The Morgan fingerprint density at radius 2 is 1.93 bits per heavy atom. The van der Waals surface area contributed by atoms with E-state index >= 15 is 0 Å². The van der Waals surface area contributed by atoms with Crippen molar-refractivity contribution >= 4 is 23.4 Å². The lowest BCUT2D eigenvalue weighted by Crippen LogP contribution is -2.21. The third-order valence-electron chi connectivity index (χ3n) is 4.51. The van der Waals surface area contributed by atoms with E-state index in [0.717, 1.165) is 24.2 Å². The molecule has 0 radical (unpaired) electrons. The monoisotopic (exact) mass is 396 g/mol. The molecule has 4 rings (SSSR count). The molecule has 1 aromatic heterocycles. The van der Waals surface area contributed by atoms with E-state index in [1.807, 2.05) is 30.3 Å². The number of anilines is 1. The predicted molar refractivity (Wildman–Crippen MR) is 108 cm³/mol. The van der Waals surface area contributed by atoms with Crippen LogP contribution in [0.15, 0.2) is 64.5 Å². The highest BCUT2D eigenvalue weighted by molar-refractivity contribution is 8.00. The van der Waals surface area contributed by atoms with Gasteiger partial charge >= 0.3 is 5.69 Å². The zero-order valence-corrected chi connectivity index (χ0v) is 16.1. The predicted octanol–water partition coefficient (Wildman–Crippen LogP) is 3.39. The largest absolute Gasteiger partial charge is 0.497 e. The van der Waals surface area contributed by atoms with Gasteiger partial charge in [-0.05, 0) is 42.7 Å². The molecule has 8 heteroatoms. The number of thioether (sulfide) groups is 1. The van der Waals surface area contributed by atoms with E-state index in [1.165, 1.54) is 11.8 Å². The number of nitrogens with one attached hydrogen (secondary N) is 2. The highest BCUT2D eigenvalue weighted by Gasteiger charge is 2.31. The van der Waals surface area contributed by atoms with Crippen LogP contribution >= 0.6 is 11.8 Å². The van der Waals surface area contributed by atoms with Crippen molar-refractivity contribution in [2.45, 2.75) is 29.3 Å². The summed E-state index contributed by atoms with van der Waals surface area (Å²) in [5, 5.41) is 9.58. The van der Waals surface area contributed by atoms with Crippen LogP contribution in [0, 0.1) is 0 Å². The van der Waals surface area contributed by atoms with E-state index in [1.54, 1.807) is 35.9 Å². The lowest BCUT2D eigenvalue weighted by atomic mass is 10.1. The third kappa shape index (κ3) is 3.96. The molecule has 0 aliphatic heterocycles. The Morgan fingerprint density at radius 3 is 2.57 bits per heavy atom. The number of ether oxygens (including phenoxy) is 1. The van der Waals surface area contributed by atoms with Crippen molar-refractivity contribution < 1.29 is 9.53 Å². The average Bonchev–Trinajstić information content (AvgIpc) is 3.49. The molecule has 1 saturated carbocycles. The van der Waals surface area contributed by atoms with Crippen molar-refractivity contribution in [3.05, 3.63) is 70.6 Å². The Hall–Kier alpha value is -3.00. The third-order valence-corrected chi connectivity index (χ3v) is 5.73. The second-order valence-corrected chi connectivity index (χ2v) is 7.61. The topological polar surface area (TPSA) is 89.0 Å². The van der Waals surface area contributed by atoms with Crippen LogP contribution in [0.2, 0.25) is 0 Å². The van der Waals surface area contributed by atoms with Crippen LogP contribution in [0.1, 0.15) is 29.7 Å². The van der Waals surface area contributed by atoms with Crippen molar-refractivity contribution in [2.24, 2.45) is 0 Å². The second kappa shape index (κ2) is 7.93. The van der Waals surface area contributed by atoms with Gasteiger partial charge in [-0.1, -0.05) is 42.1 Å². The van der Waals surface area contributed by atoms with Crippen LogP contribution in [-0.4, -0.2) is 27.8 Å². The van der Waals surface area contributed by atoms with Gasteiger partial charge in [0.1, 0.15) is 11.0 Å². The van der Waals surface area contributed by atoms with Crippen LogP contribution in [0.5, 0.6) is 5.75 Å². The molecule has 3 aromatic rings.